The first-order valence-electron chi connectivity index (χ1n) is 11.2. The van der Waals surface area contributed by atoms with E-state index in [2.05, 4.69) is 13.8 Å². The van der Waals surface area contributed by atoms with Crippen LogP contribution in [0.3, 0.4) is 0 Å². The summed E-state index contributed by atoms with van der Waals surface area (Å²) in [6, 6.07) is 14.4. The number of carbonyl (C=O) groups is 2. The number of hydrazine groups is 1. The highest BCUT2D eigenvalue weighted by Crippen LogP contribution is 2.46. The first-order valence-corrected chi connectivity index (χ1v) is 11.9. The summed E-state index contributed by atoms with van der Waals surface area (Å²) < 4.78 is 0. The molecule has 0 aliphatic carbocycles. The zero-order valence-corrected chi connectivity index (χ0v) is 19.9. The molecule has 0 unspecified atom stereocenters. The molecule has 170 valence electrons. The minimum absolute atomic E-state index is 0.161. The van der Waals surface area contributed by atoms with Gasteiger partial charge in [0.05, 0.1) is 0 Å². The third kappa shape index (κ3) is 4.02. The summed E-state index contributed by atoms with van der Waals surface area (Å²) >= 11 is 12.2. The van der Waals surface area contributed by atoms with Gasteiger partial charge in [-0.25, -0.2) is 19.6 Å². The lowest BCUT2D eigenvalue weighted by Crippen LogP contribution is -2.40. The average molecular weight is 475 g/mol. The summed E-state index contributed by atoms with van der Waals surface area (Å²) in [5.74, 6) is 0. The molecule has 2 aromatic carbocycles. The van der Waals surface area contributed by atoms with Crippen molar-refractivity contribution in [3.05, 3.63) is 69.7 Å². The molecule has 2 aromatic rings. The minimum atomic E-state index is -0.500. The molecule has 0 bridgehead atoms. The van der Waals surface area contributed by atoms with Gasteiger partial charge in [0, 0.05) is 23.1 Å². The van der Waals surface area contributed by atoms with E-state index in [-0.39, 0.29) is 12.1 Å². The number of carbonyl (C=O) groups excluding carboxylic acids is 2. The highest BCUT2D eigenvalue weighted by molar-refractivity contribution is 6.30. The second-order valence-electron chi connectivity index (χ2n) is 8.20. The van der Waals surface area contributed by atoms with Crippen LogP contribution < -0.4 is 0 Å². The Morgan fingerprint density at radius 1 is 0.656 bits per heavy atom. The van der Waals surface area contributed by atoms with Crippen LogP contribution >= 0.6 is 23.2 Å². The molecule has 32 heavy (non-hydrogen) atoms. The van der Waals surface area contributed by atoms with Crippen LogP contribution in [0.15, 0.2) is 48.5 Å². The maximum absolute atomic E-state index is 13.7. The molecule has 4 rings (SSSR count). The van der Waals surface area contributed by atoms with Crippen molar-refractivity contribution >= 4 is 35.3 Å². The van der Waals surface area contributed by atoms with Gasteiger partial charge in [0.2, 0.25) is 0 Å². The molecule has 0 saturated carbocycles. The van der Waals surface area contributed by atoms with E-state index in [1.165, 1.54) is 0 Å². The van der Waals surface area contributed by atoms with Crippen LogP contribution in [-0.2, 0) is 0 Å². The van der Waals surface area contributed by atoms with Gasteiger partial charge in [-0.05, 0) is 48.2 Å². The average Bonchev–Trinajstić information content (AvgIpc) is 3.23. The molecule has 0 spiro atoms. The van der Waals surface area contributed by atoms with Crippen molar-refractivity contribution in [3.8, 4) is 0 Å². The van der Waals surface area contributed by atoms with E-state index in [4.69, 9.17) is 23.2 Å². The van der Waals surface area contributed by atoms with Crippen LogP contribution in [0.25, 0.3) is 0 Å². The van der Waals surface area contributed by atoms with E-state index in [9.17, 15) is 9.59 Å². The summed E-state index contributed by atoms with van der Waals surface area (Å²) in [5, 5.41) is 4.48. The Balaban J connectivity index is 1.79. The van der Waals surface area contributed by atoms with Crippen LogP contribution in [0.2, 0.25) is 10.0 Å². The third-order valence-electron chi connectivity index (χ3n) is 6.01. The van der Waals surface area contributed by atoms with Gasteiger partial charge in [0.1, 0.15) is 0 Å². The van der Waals surface area contributed by atoms with Crippen molar-refractivity contribution in [1.29, 1.82) is 0 Å². The number of hydrogen-bond acceptors (Lipinski definition) is 2. The molecular formula is C24H28Cl2N4O2. The molecule has 2 aliphatic heterocycles. The van der Waals surface area contributed by atoms with Crippen molar-refractivity contribution in [2.45, 2.75) is 51.9 Å². The lowest BCUT2D eigenvalue weighted by molar-refractivity contribution is 0.0512. The maximum Gasteiger partial charge on any atom is 0.343 e. The molecule has 4 amide bonds. The topological polar surface area (TPSA) is 47.1 Å². The van der Waals surface area contributed by atoms with E-state index in [0.29, 0.717) is 23.1 Å². The minimum Gasteiger partial charge on any atom is -0.297 e. The van der Waals surface area contributed by atoms with E-state index < -0.39 is 12.3 Å². The number of fused-ring (bicyclic) bond motifs is 1. The summed E-state index contributed by atoms with van der Waals surface area (Å²) in [6.45, 7) is 5.33. The Bertz CT molecular complexity index is 887. The lowest BCUT2D eigenvalue weighted by Gasteiger charge is -2.29. The van der Waals surface area contributed by atoms with Crippen molar-refractivity contribution in [1.82, 2.24) is 19.8 Å². The summed E-state index contributed by atoms with van der Waals surface area (Å²) in [7, 11) is 0. The highest BCUT2D eigenvalue weighted by atomic mass is 35.5. The van der Waals surface area contributed by atoms with Crippen LogP contribution in [-0.4, -0.2) is 45.0 Å². The number of nitrogens with zero attached hydrogens (tertiary/aromatic N) is 4. The van der Waals surface area contributed by atoms with Gasteiger partial charge in [-0.3, -0.25) is 9.80 Å². The second kappa shape index (κ2) is 9.59. The summed E-state index contributed by atoms with van der Waals surface area (Å²) in [6.07, 6.45) is 2.62. The van der Waals surface area contributed by atoms with E-state index in [0.717, 1.165) is 36.8 Å². The maximum atomic E-state index is 13.7. The van der Waals surface area contributed by atoms with Gasteiger partial charge >= 0.3 is 12.1 Å². The fraction of sp³-hybridized carbons (Fsp3) is 0.417. The molecule has 2 heterocycles. The van der Waals surface area contributed by atoms with Crippen molar-refractivity contribution in [2.75, 3.05) is 13.1 Å². The zero-order chi connectivity index (χ0) is 22.8. The summed E-state index contributed by atoms with van der Waals surface area (Å²) in [4.78, 5) is 31.1. The molecule has 2 fully saturated rings. The molecule has 0 N–H and O–H groups in total. The Morgan fingerprint density at radius 2 is 1.00 bits per heavy atom. The number of halogens is 2. The Morgan fingerprint density at radius 3 is 1.31 bits per heavy atom. The van der Waals surface area contributed by atoms with Crippen LogP contribution in [0, 0.1) is 0 Å². The van der Waals surface area contributed by atoms with Gasteiger partial charge in [0.25, 0.3) is 0 Å². The number of urea groups is 2. The molecule has 0 radical (unpaired) electrons. The van der Waals surface area contributed by atoms with E-state index >= 15 is 0 Å². The van der Waals surface area contributed by atoms with Crippen LogP contribution in [0.4, 0.5) is 9.59 Å². The highest BCUT2D eigenvalue weighted by Gasteiger charge is 2.58. The van der Waals surface area contributed by atoms with Gasteiger partial charge < -0.3 is 0 Å². The fourth-order valence-corrected chi connectivity index (χ4v) is 4.62. The third-order valence-corrected chi connectivity index (χ3v) is 6.51. The molecule has 0 aromatic heterocycles. The monoisotopic (exact) mass is 474 g/mol. The number of amides is 4. The normalized spacial score (nSPS) is 20.5. The molecule has 2 atom stereocenters. The second-order valence-corrected chi connectivity index (χ2v) is 9.07. The Labute approximate surface area is 199 Å². The molecule has 6 nitrogen and oxygen atoms in total. The fourth-order valence-electron chi connectivity index (χ4n) is 4.37. The van der Waals surface area contributed by atoms with Crippen LogP contribution in [0.1, 0.15) is 63.0 Å². The molecule has 2 saturated heterocycles. The molecule has 8 heteroatoms. The van der Waals surface area contributed by atoms with Gasteiger partial charge in [-0.1, -0.05) is 74.2 Å². The molecular weight excluding hydrogens is 447 g/mol. The first-order chi connectivity index (χ1) is 15.5. The van der Waals surface area contributed by atoms with Crippen LogP contribution in [0.5, 0.6) is 0 Å². The Kier molecular flexibility index (Phi) is 6.82. The van der Waals surface area contributed by atoms with Gasteiger partial charge in [-0.15, -0.1) is 0 Å². The Hall–Kier alpha value is -2.44. The first kappa shape index (κ1) is 22.7. The summed E-state index contributed by atoms with van der Waals surface area (Å²) in [5.41, 5.74) is 1.73. The smallest absolute Gasteiger partial charge is 0.297 e. The number of rotatable bonds is 8. The van der Waals surface area contributed by atoms with Crippen molar-refractivity contribution in [2.24, 2.45) is 0 Å². The van der Waals surface area contributed by atoms with Crippen molar-refractivity contribution in [3.63, 3.8) is 0 Å². The predicted octanol–water partition coefficient (Wildman–Crippen LogP) is 6.68. The van der Waals surface area contributed by atoms with Gasteiger partial charge in [-0.2, -0.15) is 0 Å². The van der Waals surface area contributed by atoms with E-state index in [1.807, 2.05) is 24.3 Å². The molecule has 2 aliphatic rings. The zero-order valence-electron chi connectivity index (χ0n) is 18.4. The predicted molar refractivity (Wildman–Crippen MR) is 126 cm³/mol. The van der Waals surface area contributed by atoms with Gasteiger partial charge in [0.15, 0.2) is 12.3 Å². The van der Waals surface area contributed by atoms with Crippen molar-refractivity contribution < 1.29 is 9.59 Å². The standard InChI is InChI=1S/C24H28Cl2N4O2/c1-3-5-15-27-21(17-7-11-19(25)12-8-17)29-24(32)28(16-6-4-2)22(30(29)23(27)31)18-9-13-20(26)14-10-18/h7-14,21-22H,3-6,15-16H2,1-2H3/t21-,22-/m0/s1. The number of unbranched alkanes of at least 4 members (excludes halogenated alkanes) is 2. The largest absolute Gasteiger partial charge is 0.343 e. The SMILES string of the molecule is CCCCN1C(=O)N2[C@@H](c3ccc(Cl)cc3)N(CCCC)C(=O)N2[C@H]1c1ccc(Cl)cc1. The number of benzene rings is 2. The quantitative estimate of drug-likeness (QED) is 0.428. The lowest BCUT2D eigenvalue weighted by atomic mass is 10.1. The van der Waals surface area contributed by atoms with E-state index in [1.54, 1.807) is 44.1 Å². The number of hydrogen-bond donors (Lipinski definition) is 0.